The maximum atomic E-state index is 13.1. The minimum absolute atomic E-state index is 0.0239. The number of para-hydroxylation sites is 1. The Morgan fingerprint density at radius 1 is 0.871 bits per heavy atom. The van der Waals surface area contributed by atoms with Crippen molar-refractivity contribution in [3.05, 3.63) is 66.2 Å². The van der Waals surface area contributed by atoms with Crippen molar-refractivity contribution in [2.45, 2.75) is 18.9 Å². The summed E-state index contributed by atoms with van der Waals surface area (Å²) in [6.45, 7) is 4.49. The monoisotopic (exact) mass is 421 g/mol. The number of hydrogen-bond donors (Lipinski definition) is 0. The minimum atomic E-state index is -0.0846. The molecular formula is C25H31N3O3. The molecule has 2 aromatic rings. The van der Waals surface area contributed by atoms with Gasteiger partial charge < -0.3 is 19.4 Å². The Morgan fingerprint density at radius 2 is 1.52 bits per heavy atom. The van der Waals surface area contributed by atoms with E-state index in [1.165, 1.54) is 0 Å². The van der Waals surface area contributed by atoms with E-state index in [1.54, 1.807) is 0 Å². The normalized spacial score (nSPS) is 22.2. The molecule has 2 saturated heterocycles. The molecule has 2 aliphatic heterocycles. The standard InChI is InChI=1S/C25H31N3O3/c1-26-14-16-27(17-15-26)24(29)18-21-19-28(25(30)20-8-4-2-5-9-20)13-12-23(21)31-22-10-6-3-7-11-22/h2-11,21,23H,12-19H2,1H3/t21-,23-/m0/s1. The molecule has 2 atom stereocenters. The Bertz CT molecular complexity index is 866. The molecule has 4 rings (SSSR count). The molecule has 2 aliphatic rings. The summed E-state index contributed by atoms with van der Waals surface area (Å²) >= 11 is 0. The third-order valence-corrected chi connectivity index (χ3v) is 6.30. The van der Waals surface area contributed by atoms with Crippen LogP contribution in [-0.4, -0.2) is 78.9 Å². The molecule has 0 saturated carbocycles. The smallest absolute Gasteiger partial charge is 0.253 e. The molecular weight excluding hydrogens is 390 g/mol. The highest BCUT2D eigenvalue weighted by Gasteiger charge is 2.36. The summed E-state index contributed by atoms with van der Waals surface area (Å²) in [6, 6.07) is 19.1. The quantitative estimate of drug-likeness (QED) is 0.745. The number of likely N-dealkylation sites (N-methyl/N-ethyl adjacent to an activating group) is 1. The molecule has 0 N–H and O–H groups in total. The van der Waals surface area contributed by atoms with E-state index in [-0.39, 0.29) is 23.8 Å². The molecule has 0 unspecified atom stereocenters. The minimum Gasteiger partial charge on any atom is -0.490 e. The van der Waals surface area contributed by atoms with E-state index in [9.17, 15) is 9.59 Å². The maximum absolute atomic E-state index is 13.1. The first-order valence-electron chi connectivity index (χ1n) is 11.1. The number of carbonyl (C=O) groups excluding carboxylic acids is 2. The van der Waals surface area contributed by atoms with Gasteiger partial charge in [-0.25, -0.2) is 0 Å². The molecule has 6 heteroatoms. The van der Waals surface area contributed by atoms with Crippen LogP contribution in [0.15, 0.2) is 60.7 Å². The van der Waals surface area contributed by atoms with E-state index in [0.29, 0.717) is 31.5 Å². The number of piperazine rings is 1. The molecule has 0 aliphatic carbocycles. The van der Waals surface area contributed by atoms with E-state index in [4.69, 9.17) is 4.74 Å². The molecule has 2 heterocycles. The summed E-state index contributed by atoms with van der Waals surface area (Å²) in [5, 5.41) is 0. The number of benzene rings is 2. The van der Waals surface area contributed by atoms with Gasteiger partial charge in [-0.2, -0.15) is 0 Å². The second-order valence-electron chi connectivity index (χ2n) is 8.52. The lowest BCUT2D eigenvalue weighted by Gasteiger charge is -2.40. The summed E-state index contributed by atoms with van der Waals surface area (Å²) in [5.74, 6) is 0.964. The van der Waals surface area contributed by atoms with Crippen LogP contribution in [0.2, 0.25) is 0 Å². The predicted molar refractivity (Wildman–Crippen MR) is 120 cm³/mol. The van der Waals surface area contributed by atoms with Gasteiger partial charge in [0.1, 0.15) is 11.9 Å². The average molecular weight is 422 g/mol. The summed E-state index contributed by atoms with van der Waals surface area (Å²) in [5.41, 5.74) is 0.689. The Balaban J connectivity index is 1.46. The molecule has 31 heavy (non-hydrogen) atoms. The molecule has 0 bridgehead atoms. The van der Waals surface area contributed by atoms with Crippen molar-refractivity contribution < 1.29 is 14.3 Å². The molecule has 0 spiro atoms. The number of rotatable bonds is 5. The van der Waals surface area contributed by atoms with E-state index >= 15 is 0 Å². The third kappa shape index (κ3) is 5.44. The Hall–Kier alpha value is -2.86. The topological polar surface area (TPSA) is 53.1 Å². The summed E-state index contributed by atoms with van der Waals surface area (Å²) in [4.78, 5) is 32.2. The van der Waals surface area contributed by atoms with Gasteiger partial charge in [0.05, 0.1) is 0 Å². The molecule has 0 radical (unpaired) electrons. The number of likely N-dealkylation sites (tertiary alicyclic amines) is 1. The van der Waals surface area contributed by atoms with E-state index in [0.717, 1.165) is 31.9 Å². The van der Waals surface area contributed by atoms with E-state index in [1.807, 2.05) is 70.5 Å². The second kappa shape index (κ2) is 9.96. The lowest BCUT2D eigenvalue weighted by molar-refractivity contribution is -0.135. The van der Waals surface area contributed by atoms with Crippen LogP contribution >= 0.6 is 0 Å². The zero-order chi connectivity index (χ0) is 21.6. The highest BCUT2D eigenvalue weighted by Crippen LogP contribution is 2.27. The summed E-state index contributed by atoms with van der Waals surface area (Å²) in [6.07, 6.45) is 1.03. The van der Waals surface area contributed by atoms with E-state index < -0.39 is 0 Å². The van der Waals surface area contributed by atoms with E-state index in [2.05, 4.69) is 11.9 Å². The van der Waals surface area contributed by atoms with Crippen molar-refractivity contribution in [3.63, 3.8) is 0 Å². The van der Waals surface area contributed by atoms with Crippen LogP contribution in [0.1, 0.15) is 23.2 Å². The first kappa shape index (κ1) is 21.4. The van der Waals surface area contributed by atoms with Gasteiger partial charge in [0.2, 0.25) is 5.91 Å². The Kier molecular flexibility index (Phi) is 6.87. The fraction of sp³-hybridized carbons (Fsp3) is 0.440. The molecule has 2 aromatic carbocycles. The van der Waals surface area contributed by atoms with Crippen LogP contribution in [0.3, 0.4) is 0 Å². The first-order chi connectivity index (χ1) is 15.1. The third-order valence-electron chi connectivity index (χ3n) is 6.30. The number of hydrogen-bond acceptors (Lipinski definition) is 4. The fourth-order valence-corrected chi connectivity index (χ4v) is 4.39. The maximum Gasteiger partial charge on any atom is 0.253 e. The van der Waals surface area contributed by atoms with Crippen LogP contribution in [0, 0.1) is 5.92 Å². The Labute approximate surface area is 184 Å². The van der Waals surface area contributed by atoms with Gasteiger partial charge >= 0.3 is 0 Å². The van der Waals surface area contributed by atoms with Gasteiger partial charge in [0.15, 0.2) is 0 Å². The van der Waals surface area contributed by atoms with Crippen molar-refractivity contribution in [1.82, 2.24) is 14.7 Å². The fourth-order valence-electron chi connectivity index (χ4n) is 4.39. The highest BCUT2D eigenvalue weighted by atomic mass is 16.5. The molecule has 164 valence electrons. The zero-order valence-corrected chi connectivity index (χ0v) is 18.2. The number of ether oxygens (including phenoxy) is 1. The van der Waals surface area contributed by atoms with Crippen LogP contribution in [-0.2, 0) is 4.79 Å². The van der Waals surface area contributed by atoms with Crippen molar-refractivity contribution in [1.29, 1.82) is 0 Å². The number of amides is 2. The lowest BCUT2D eigenvalue weighted by Crippen LogP contribution is -2.51. The second-order valence-corrected chi connectivity index (χ2v) is 8.52. The Morgan fingerprint density at radius 3 is 2.19 bits per heavy atom. The zero-order valence-electron chi connectivity index (χ0n) is 18.2. The number of nitrogens with zero attached hydrogens (tertiary/aromatic N) is 3. The SMILES string of the molecule is CN1CCN(C(=O)C[C@H]2CN(C(=O)c3ccccc3)CC[C@@H]2Oc2ccccc2)CC1. The molecule has 6 nitrogen and oxygen atoms in total. The van der Waals surface area contributed by atoms with Crippen molar-refractivity contribution in [3.8, 4) is 5.75 Å². The number of carbonyl (C=O) groups is 2. The van der Waals surface area contributed by atoms with Gasteiger partial charge in [-0.05, 0) is 31.3 Å². The van der Waals surface area contributed by atoms with Gasteiger partial charge in [0, 0.05) is 63.6 Å². The van der Waals surface area contributed by atoms with Gasteiger partial charge in [-0.3, -0.25) is 9.59 Å². The van der Waals surface area contributed by atoms with Crippen LogP contribution < -0.4 is 4.74 Å². The van der Waals surface area contributed by atoms with Crippen molar-refractivity contribution in [2.24, 2.45) is 5.92 Å². The van der Waals surface area contributed by atoms with Crippen molar-refractivity contribution >= 4 is 11.8 Å². The highest BCUT2D eigenvalue weighted by molar-refractivity contribution is 5.94. The summed E-state index contributed by atoms with van der Waals surface area (Å²) < 4.78 is 6.29. The first-order valence-corrected chi connectivity index (χ1v) is 11.1. The average Bonchev–Trinajstić information content (AvgIpc) is 2.81. The van der Waals surface area contributed by atoms with Crippen LogP contribution in [0.5, 0.6) is 5.75 Å². The van der Waals surface area contributed by atoms with Gasteiger partial charge in [-0.15, -0.1) is 0 Å². The largest absolute Gasteiger partial charge is 0.490 e. The summed E-state index contributed by atoms with van der Waals surface area (Å²) in [7, 11) is 2.08. The van der Waals surface area contributed by atoms with Gasteiger partial charge in [-0.1, -0.05) is 36.4 Å². The lowest BCUT2D eigenvalue weighted by atomic mass is 9.90. The number of piperidine rings is 1. The predicted octanol–water partition coefficient (Wildman–Crippen LogP) is 2.76. The molecule has 2 amide bonds. The van der Waals surface area contributed by atoms with Crippen LogP contribution in [0.4, 0.5) is 0 Å². The van der Waals surface area contributed by atoms with Crippen LogP contribution in [0.25, 0.3) is 0 Å². The van der Waals surface area contributed by atoms with Crippen molar-refractivity contribution in [2.75, 3.05) is 46.3 Å². The molecule has 0 aromatic heterocycles. The van der Waals surface area contributed by atoms with Gasteiger partial charge in [0.25, 0.3) is 5.91 Å². The molecule has 2 fully saturated rings.